The molecule has 3 rings (SSSR count). The molecule has 1 aliphatic rings. The van der Waals surface area contributed by atoms with Gasteiger partial charge in [-0.3, -0.25) is 9.59 Å². The molecule has 2 amide bonds. The number of carbonyl (C=O) groups excluding carboxylic acids is 2. The largest absolute Gasteiger partial charge is 0.334 e. The summed E-state index contributed by atoms with van der Waals surface area (Å²) in [5.41, 5.74) is 3.73. The smallest absolute Gasteiger partial charge is 0.246 e. The third kappa shape index (κ3) is 4.92. The van der Waals surface area contributed by atoms with Gasteiger partial charge in [-0.05, 0) is 32.1 Å². The number of rotatable bonds is 5. The van der Waals surface area contributed by atoms with Crippen molar-refractivity contribution in [2.75, 3.05) is 46.8 Å². The number of amides is 2. The minimum Gasteiger partial charge on any atom is -0.334 e. The SMILES string of the molecule is Cc1nn(-c2ccccc2)c(C)c1/C=C/C(=O)N(C)CC(=O)N1CC[NH+](C)CC1. The highest BCUT2D eigenvalue weighted by atomic mass is 16.2. The number of aryl methyl sites for hydroxylation is 1. The number of benzene rings is 1. The Kier molecular flexibility index (Phi) is 6.49. The summed E-state index contributed by atoms with van der Waals surface area (Å²) < 4.78 is 1.88. The number of hydrogen-bond donors (Lipinski definition) is 1. The quantitative estimate of drug-likeness (QED) is 0.741. The molecular formula is C22H30N5O2+. The van der Waals surface area contributed by atoms with Crippen LogP contribution in [0.2, 0.25) is 0 Å². The number of nitrogens with zero attached hydrogens (tertiary/aromatic N) is 4. The molecule has 1 N–H and O–H groups in total. The van der Waals surface area contributed by atoms with E-state index < -0.39 is 0 Å². The van der Waals surface area contributed by atoms with Gasteiger partial charge in [-0.15, -0.1) is 0 Å². The van der Waals surface area contributed by atoms with Gasteiger partial charge in [0.1, 0.15) is 0 Å². The van der Waals surface area contributed by atoms with Crippen LogP contribution in [0.3, 0.4) is 0 Å². The average molecular weight is 397 g/mol. The van der Waals surface area contributed by atoms with Crippen molar-refractivity contribution in [2.24, 2.45) is 0 Å². The predicted molar refractivity (Wildman–Crippen MR) is 113 cm³/mol. The minimum absolute atomic E-state index is 0.00556. The van der Waals surface area contributed by atoms with E-state index in [0.717, 1.165) is 48.8 Å². The summed E-state index contributed by atoms with van der Waals surface area (Å²) in [5, 5.41) is 4.60. The van der Waals surface area contributed by atoms with Gasteiger partial charge in [0.25, 0.3) is 0 Å². The van der Waals surface area contributed by atoms with Crippen molar-refractivity contribution in [2.45, 2.75) is 13.8 Å². The molecule has 0 aliphatic carbocycles. The lowest BCUT2D eigenvalue weighted by molar-refractivity contribution is -0.883. The molecule has 7 nitrogen and oxygen atoms in total. The Bertz CT molecular complexity index is 895. The van der Waals surface area contributed by atoms with Gasteiger partial charge in [-0.1, -0.05) is 18.2 Å². The molecule has 0 saturated carbocycles. The van der Waals surface area contributed by atoms with Crippen molar-refractivity contribution in [1.82, 2.24) is 19.6 Å². The molecule has 1 aliphatic heterocycles. The van der Waals surface area contributed by atoms with Crippen LogP contribution in [-0.2, 0) is 9.59 Å². The van der Waals surface area contributed by atoms with Gasteiger partial charge in [-0.25, -0.2) is 4.68 Å². The lowest BCUT2D eigenvalue weighted by Crippen LogP contribution is -3.12. The molecule has 0 unspecified atom stereocenters. The monoisotopic (exact) mass is 396 g/mol. The van der Waals surface area contributed by atoms with Crippen molar-refractivity contribution < 1.29 is 14.5 Å². The molecule has 29 heavy (non-hydrogen) atoms. The van der Waals surface area contributed by atoms with E-state index in [1.807, 2.05) is 53.8 Å². The highest BCUT2D eigenvalue weighted by Crippen LogP contribution is 2.19. The van der Waals surface area contributed by atoms with E-state index in [1.54, 1.807) is 13.1 Å². The Balaban J connectivity index is 1.64. The molecule has 0 spiro atoms. The van der Waals surface area contributed by atoms with Crippen molar-refractivity contribution >= 4 is 17.9 Å². The number of aromatic nitrogens is 2. The standard InChI is InChI=1S/C22H29N5O2/c1-17-20(18(2)27(23-17)19-8-6-5-7-9-19)10-11-21(28)25(4)16-22(29)26-14-12-24(3)13-15-26/h5-11H,12-16H2,1-4H3/p+1/b11-10+. The molecule has 1 saturated heterocycles. The van der Waals surface area contributed by atoms with Crippen LogP contribution in [0.25, 0.3) is 11.8 Å². The lowest BCUT2D eigenvalue weighted by Gasteiger charge is -2.31. The first-order valence-corrected chi connectivity index (χ1v) is 10.0. The molecule has 0 atom stereocenters. The second kappa shape index (κ2) is 9.05. The first-order chi connectivity index (χ1) is 13.9. The zero-order valence-corrected chi connectivity index (χ0v) is 17.7. The van der Waals surface area contributed by atoms with Gasteiger partial charge in [0.15, 0.2) is 0 Å². The Morgan fingerprint density at radius 1 is 1.17 bits per heavy atom. The van der Waals surface area contributed by atoms with Crippen LogP contribution in [0.5, 0.6) is 0 Å². The lowest BCUT2D eigenvalue weighted by atomic mass is 10.2. The maximum Gasteiger partial charge on any atom is 0.246 e. The summed E-state index contributed by atoms with van der Waals surface area (Å²) >= 11 is 0. The fourth-order valence-electron chi connectivity index (χ4n) is 3.52. The third-order valence-corrected chi connectivity index (χ3v) is 5.46. The van der Waals surface area contributed by atoms with Crippen molar-refractivity contribution in [3.8, 4) is 5.69 Å². The van der Waals surface area contributed by atoms with E-state index in [0.29, 0.717) is 0 Å². The topological polar surface area (TPSA) is 62.9 Å². The Morgan fingerprint density at radius 3 is 2.48 bits per heavy atom. The molecule has 1 fully saturated rings. The Morgan fingerprint density at radius 2 is 1.83 bits per heavy atom. The van der Waals surface area contributed by atoms with E-state index in [1.165, 1.54) is 15.9 Å². The van der Waals surface area contributed by atoms with Crippen molar-refractivity contribution in [1.29, 1.82) is 0 Å². The summed E-state index contributed by atoms with van der Waals surface area (Å²) in [6.07, 6.45) is 3.31. The summed E-state index contributed by atoms with van der Waals surface area (Å²) in [7, 11) is 3.80. The fraction of sp³-hybridized carbons (Fsp3) is 0.409. The first kappa shape index (κ1) is 20.8. The molecule has 7 heteroatoms. The highest BCUT2D eigenvalue weighted by Gasteiger charge is 2.23. The van der Waals surface area contributed by atoms with E-state index in [9.17, 15) is 9.59 Å². The zero-order valence-electron chi connectivity index (χ0n) is 17.7. The fourth-order valence-corrected chi connectivity index (χ4v) is 3.52. The van der Waals surface area contributed by atoms with Crippen molar-refractivity contribution in [3.63, 3.8) is 0 Å². The minimum atomic E-state index is -0.190. The molecule has 1 aromatic carbocycles. The second-order valence-corrected chi connectivity index (χ2v) is 7.70. The maximum absolute atomic E-state index is 12.5. The summed E-state index contributed by atoms with van der Waals surface area (Å²) in [5.74, 6) is -0.185. The summed E-state index contributed by atoms with van der Waals surface area (Å²) in [4.78, 5) is 29.7. The molecule has 0 bridgehead atoms. The Hall–Kier alpha value is -2.93. The van der Waals surface area contributed by atoms with Gasteiger partial charge in [0.2, 0.25) is 11.8 Å². The van der Waals surface area contributed by atoms with Crippen LogP contribution in [0, 0.1) is 13.8 Å². The van der Waals surface area contributed by atoms with Crippen LogP contribution in [0.15, 0.2) is 36.4 Å². The van der Waals surface area contributed by atoms with Crippen LogP contribution < -0.4 is 4.90 Å². The summed E-state index contributed by atoms with van der Waals surface area (Å²) in [6, 6.07) is 9.90. The molecule has 154 valence electrons. The van der Waals surface area contributed by atoms with Crippen LogP contribution in [-0.4, -0.2) is 78.2 Å². The predicted octanol–water partition coefficient (Wildman–Crippen LogP) is 0.318. The Labute approximate surface area is 172 Å². The van der Waals surface area contributed by atoms with Gasteiger partial charge >= 0.3 is 0 Å². The number of nitrogens with one attached hydrogen (secondary N) is 1. The number of piperazine rings is 1. The van der Waals surface area contributed by atoms with Crippen LogP contribution in [0.4, 0.5) is 0 Å². The van der Waals surface area contributed by atoms with Gasteiger partial charge in [0, 0.05) is 24.4 Å². The van der Waals surface area contributed by atoms with Crippen LogP contribution >= 0.6 is 0 Å². The summed E-state index contributed by atoms with van der Waals surface area (Å²) in [6.45, 7) is 7.42. The first-order valence-electron chi connectivity index (χ1n) is 10.0. The highest BCUT2D eigenvalue weighted by molar-refractivity contribution is 5.94. The molecule has 0 radical (unpaired) electrons. The van der Waals surface area contributed by atoms with Crippen molar-refractivity contribution in [3.05, 3.63) is 53.4 Å². The van der Waals surface area contributed by atoms with Crippen LogP contribution in [0.1, 0.15) is 17.0 Å². The number of quaternary nitrogens is 1. The third-order valence-electron chi connectivity index (χ3n) is 5.46. The number of likely N-dealkylation sites (N-methyl/N-ethyl adjacent to an activating group) is 2. The molecule has 2 heterocycles. The second-order valence-electron chi connectivity index (χ2n) is 7.70. The molecular weight excluding hydrogens is 366 g/mol. The number of carbonyl (C=O) groups is 2. The van der Waals surface area contributed by atoms with Gasteiger partial charge in [-0.2, -0.15) is 5.10 Å². The van der Waals surface area contributed by atoms with Gasteiger partial charge in [0.05, 0.1) is 51.2 Å². The molecule has 2 aromatic rings. The van der Waals surface area contributed by atoms with E-state index >= 15 is 0 Å². The maximum atomic E-state index is 12.5. The van der Waals surface area contributed by atoms with E-state index in [4.69, 9.17) is 0 Å². The van der Waals surface area contributed by atoms with Gasteiger partial charge < -0.3 is 14.7 Å². The van der Waals surface area contributed by atoms with E-state index in [-0.39, 0.29) is 18.4 Å². The number of para-hydroxylation sites is 1. The number of hydrogen-bond acceptors (Lipinski definition) is 3. The van der Waals surface area contributed by atoms with E-state index in [2.05, 4.69) is 12.1 Å². The molecule has 1 aromatic heterocycles. The zero-order chi connectivity index (χ0) is 21.0. The normalized spacial score (nSPS) is 15.1. The average Bonchev–Trinajstić information content (AvgIpc) is 3.00.